The van der Waals surface area contributed by atoms with Gasteiger partial charge in [0, 0.05) is 5.41 Å². The zero-order chi connectivity index (χ0) is 35.9. The zero-order valence-corrected chi connectivity index (χ0v) is 32.9. The first-order chi connectivity index (χ1) is 25.7. The minimum Gasteiger partial charge on any atom is -0.106 e. The predicted molar refractivity (Wildman–Crippen MR) is 225 cm³/mol. The van der Waals surface area contributed by atoms with E-state index in [0.717, 1.165) is 18.3 Å². The summed E-state index contributed by atoms with van der Waals surface area (Å²) >= 11 is 0. The molecule has 11 rings (SSSR count). The summed E-state index contributed by atoms with van der Waals surface area (Å²) in [4.78, 5) is 0. The molecule has 7 unspecified atom stereocenters. The second-order valence-corrected chi connectivity index (χ2v) is 19.3. The summed E-state index contributed by atoms with van der Waals surface area (Å²) in [6, 6.07) is 20.1. The number of fused-ring (bicyclic) bond motifs is 3. The molecule has 0 aliphatic heterocycles. The summed E-state index contributed by atoms with van der Waals surface area (Å²) < 4.78 is 0. The number of aryl methyl sites for hydroxylation is 2. The van der Waals surface area contributed by atoms with Gasteiger partial charge in [-0.3, -0.25) is 0 Å². The Kier molecular flexibility index (Phi) is 7.13. The molecular formula is C53H56. The fraction of sp³-hybridized carbons (Fsp3) is 0.472. The van der Waals surface area contributed by atoms with Gasteiger partial charge in [0.1, 0.15) is 0 Å². The van der Waals surface area contributed by atoms with Crippen LogP contribution in [0.2, 0.25) is 0 Å². The lowest BCUT2D eigenvalue weighted by Crippen LogP contribution is -2.34. The van der Waals surface area contributed by atoms with Gasteiger partial charge < -0.3 is 0 Å². The van der Waals surface area contributed by atoms with Crippen molar-refractivity contribution in [2.75, 3.05) is 0 Å². The third-order valence-corrected chi connectivity index (χ3v) is 16.4. The quantitative estimate of drug-likeness (QED) is 0.162. The van der Waals surface area contributed by atoms with Crippen LogP contribution >= 0.6 is 0 Å². The van der Waals surface area contributed by atoms with Crippen LogP contribution in [0.15, 0.2) is 48.5 Å². The number of hydrogen-bond donors (Lipinski definition) is 0. The Labute approximate surface area is 316 Å². The van der Waals surface area contributed by atoms with Gasteiger partial charge >= 0.3 is 0 Å². The standard InChI is InChI=1S/C53H56/c1-7-20-53(6)47-27-33(45-25-31(4)39-14-10-35-21-29(2)23-37-12-18-43(45)51(39)49(35)37)8-16-41(47)42-17-9-34(28-48(42)53)46-26-32(5)40-15-11-36-22-30(3)24-38-13-19-44(46)52(40)50(36)38/h10,12-15,18-19,23-26,29-30,33-34,36,41-42,47-48H,8-9,11,16-17,21-22,27-28H2,1-6H3/t29?,30?,33?,34-,36?,41?,42?,47+,48-,53?/m0/s1. The molecule has 268 valence electrons. The molecular weight excluding hydrogens is 637 g/mol. The van der Waals surface area contributed by atoms with Crippen molar-refractivity contribution in [2.45, 2.75) is 117 Å². The van der Waals surface area contributed by atoms with Crippen molar-refractivity contribution >= 4 is 50.5 Å². The van der Waals surface area contributed by atoms with Gasteiger partial charge in [0.2, 0.25) is 0 Å². The second kappa shape index (κ2) is 11.6. The van der Waals surface area contributed by atoms with Crippen LogP contribution in [0.5, 0.6) is 0 Å². The van der Waals surface area contributed by atoms with E-state index in [0.29, 0.717) is 41.4 Å². The van der Waals surface area contributed by atoms with E-state index in [1.165, 1.54) is 88.9 Å². The third kappa shape index (κ3) is 4.56. The van der Waals surface area contributed by atoms with E-state index < -0.39 is 0 Å². The van der Waals surface area contributed by atoms with Crippen LogP contribution in [-0.2, 0) is 6.42 Å². The highest BCUT2D eigenvalue weighted by Gasteiger charge is 2.59. The molecule has 6 aliphatic carbocycles. The third-order valence-electron chi connectivity index (χ3n) is 16.4. The Morgan fingerprint density at radius 1 is 0.642 bits per heavy atom. The van der Waals surface area contributed by atoms with E-state index >= 15 is 0 Å². The monoisotopic (exact) mass is 692 g/mol. The van der Waals surface area contributed by atoms with Gasteiger partial charge in [-0.2, -0.15) is 0 Å². The maximum atomic E-state index is 4.02. The van der Waals surface area contributed by atoms with Crippen molar-refractivity contribution in [1.29, 1.82) is 0 Å². The lowest BCUT2D eigenvalue weighted by Gasteiger charge is -2.40. The molecule has 3 saturated carbocycles. The maximum absolute atomic E-state index is 4.02. The van der Waals surface area contributed by atoms with Crippen molar-refractivity contribution in [3.8, 4) is 11.8 Å². The number of rotatable bonds is 2. The maximum Gasteiger partial charge on any atom is 0.0348 e. The van der Waals surface area contributed by atoms with Crippen LogP contribution in [0.25, 0.3) is 50.5 Å². The highest BCUT2D eigenvalue weighted by molar-refractivity contribution is 6.14. The SMILES string of the molecule is CC#CC1(C)[C@@H]2CC(c3cc(C)c4ccc5c6c(ccc3c46)=CC(C)C5)CCC2C2CC[C@H](c3cc(C)c4c5c6c(ccc35)=CC(C)CC6CC=4)C[C@@H]21. The minimum absolute atomic E-state index is 0.0744. The van der Waals surface area contributed by atoms with Crippen LogP contribution in [0.4, 0.5) is 0 Å². The first-order valence-electron chi connectivity index (χ1n) is 21.4. The minimum atomic E-state index is 0.0744. The second-order valence-electron chi connectivity index (χ2n) is 19.3. The Hall–Kier alpha value is -3.82. The number of benzene rings is 5. The molecule has 0 bridgehead atoms. The van der Waals surface area contributed by atoms with Crippen LogP contribution < -0.4 is 15.7 Å². The van der Waals surface area contributed by atoms with Gasteiger partial charge in [-0.1, -0.05) is 86.5 Å². The summed E-state index contributed by atoms with van der Waals surface area (Å²) in [5.74, 6) is 13.7. The molecule has 0 radical (unpaired) electrons. The fourth-order valence-electron chi connectivity index (χ4n) is 14.4. The molecule has 5 aromatic rings. The largest absolute Gasteiger partial charge is 0.106 e. The van der Waals surface area contributed by atoms with Gasteiger partial charge in [-0.25, -0.2) is 0 Å². The van der Waals surface area contributed by atoms with Gasteiger partial charge in [-0.05, 0) is 220 Å². The summed E-state index contributed by atoms with van der Waals surface area (Å²) in [6.07, 6.45) is 19.3. The van der Waals surface area contributed by atoms with Gasteiger partial charge in [-0.15, -0.1) is 5.92 Å². The van der Waals surface area contributed by atoms with E-state index in [2.05, 4.69) is 120 Å². The number of hydrogen-bond acceptors (Lipinski definition) is 0. The van der Waals surface area contributed by atoms with Gasteiger partial charge in [0.25, 0.3) is 0 Å². The molecule has 3 fully saturated rings. The van der Waals surface area contributed by atoms with Crippen molar-refractivity contribution in [2.24, 2.45) is 40.9 Å². The summed E-state index contributed by atoms with van der Waals surface area (Å²) in [5, 5.41) is 13.8. The first kappa shape index (κ1) is 32.6. The summed E-state index contributed by atoms with van der Waals surface area (Å²) in [7, 11) is 0. The molecule has 5 aromatic carbocycles. The molecule has 53 heavy (non-hydrogen) atoms. The smallest absolute Gasteiger partial charge is 0.0348 e. The average molecular weight is 693 g/mol. The molecule has 0 heteroatoms. The fourth-order valence-corrected chi connectivity index (χ4v) is 14.4. The lowest BCUT2D eigenvalue weighted by molar-refractivity contribution is 0.154. The van der Waals surface area contributed by atoms with E-state index in [-0.39, 0.29) is 5.41 Å². The highest BCUT2D eigenvalue weighted by atomic mass is 14.6. The highest BCUT2D eigenvalue weighted by Crippen LogP contribution is 2.66. The molecule has 0 aromatic heterocycles. The van der Waals surface area contributed by atoms with E-state index in [1.807, 2.05) is 0 Å². The topological polar surface area (TPSA) is 0 Å². The molecule has 0 spiro atoms. The van der Waals surface area contributed by atoms with Crippen molar-refractivity contribution < 1.29 is 0 Å². The van der Waals surface area contributed by atoms with Gasteiger partial charge in [0.05, 0.1) is 0 Å². The van der Waals surface area contributed by atoms with Crippen molar-refractivity contribution in [3.63, 3.8) is 0 Å². The van der Waals surface area contributed by atoms with Crippen LogP contribution in [-0.4, -0.2) is 0 Å². The Balaban J connectivity index is 0.974. The molecule has 10 atom stereocenters. The van der Waals surface area contributed by atoms with Crippen LogP contribution in [0.3, 0.4) is 0 Å². The molecule has 0 amide bonds. The Morgan fingerprint density at radius 3 is 2.00 bits per heavy atom. The molecule has 6 aliphatic rings. The van der Waals surface area contributed by atoms with Crippen LogP contribution in [0, 0.1) is 66.6 Å². The molecule has 0 N–H and O–H groups in total. The molecule has 0 heterocycles. The Bertz CT molecular complexity index is 2640. The Morgan fingerprint density at radius 2 is 1.28 bits per heavy atom. The lowest BCUT2D eigenvalue weighted by atomic mass is 9.63. The van der Waals surface area contributed by atoms with E-state index in [1.54, 1.807) is 43.8 Å². The van der Waals surface area contributed by atoms with Crippen molar-refractivity contribution in [1.82, 2.24) is 0 Å². The first-order valence-corrected chi connectivity index (χ1v) is 21.4. The van der Waals surface area contributed by atoms with Crippen LogP contribution in [0.1, 0.15) is 130 Å². The predicted octanol–water partition coefficient (Wildman–Crippen LogP) is 11.3. The van der Waals surface area contributed by atoms with Crippen molar-refractivity contribution in [3.05, 3.63) is 97.6 Å². The average Bonchev–Trinajstić information content (AvgIpc) is 3.39. The van der Waals surface area contributed by atoms with Gasteiger partial charge in [0.15, 0.2) is 0 Å². The van der Waals surface area contributed by atoms with E-state index in [4.69, 9.17) is 0 Å². The van der Waals surface area contributed by atoms with E-state index in [9.17, 15) is 0 Å². The molecule has 0 nitrogen and oxygen atoms in total. The zero-order valence-electron chi connectivity index (χ0n) is 32.9. The normalized spacial score (nSPS) is 33.7. The summed E-state index contributed by atoms with van der Waals surface area (Å²) in [6.45, 7) is 14.3. The molecule has 0 saturated heterocycles. The summed E-state index contributed by atoms with van der Waals surface area (Å²) in [5.41, 5.74) is 9.54.